The van der Waals surface area contributed by atoms with Gasteiger partial charge in [0.1, 0.15) is 11.6 Å². The van der Waals surface area contributed by atoms with E-state index in [2.05, 4.69) is 21.0 Å². The number of hydrogen-bond donors (Lipinski definition) is 3. The van der Waals surface area contributed by atoms with Crippen molar-refractivity contribution in [1.29, 1.82) is 0 Å². The first-order valence-electron chi connectivity index (χ1n) is 9.01. The molecule has 28 heavy (non-hydrogen) atoms. The number of rotatable bonds is 6. The number of nitrogens with one attached hydrogen (secondary N) is 3. The van der Waals surface area contributed by atoms with Crippen molar-refractivity contribution in [2.24, 2.45) is 0 Å². The summed E-state index contributed by atoms with van der Waals surface area (Å²) in [4.78, 5) is 25.2. The molecule has 1 aliphatic heterocycles. The fourth-order valence-electron chi connectivity index (χ4n) is 3.20. The molecule has 2 heterocycles. The first kappa shape index (κ1) is 21.9. The standard InChI is InChI=1S/C19H25N5O3.ClH/c1-14(27-2)17(25)22-15-5-3-6-16(13-15)23-18(26)19(7-10-20-11-8-19)24-12-4-9-21-24;/h3-6,9,12-14,20H,7-8,10-11H2,1-2H3,(H,22,25)(H,23,26);1H. The van der Waals surface area contributed by atoms with Gasteiger partial charge >= 0.3 is 0 Å². The number of nitrogens with zero attached hydrogens (tertiary/aromatic N) is 2. The molecule has 1 aliphatic rings. The minimum Gasteiger partial charge on any atom is -0.372 e. The maximum absolute atomic E-state index is 13.2. The predicted molar refractivity (Wildman–Crippen MR) is 110 cm³/mol. The third-order valence-electron chi connectivity index (χ3n) is 4.91. The highest BCUT2D eigenvalue weighted by Crippen LogP contribution is 2.29. The number of carbonyl (C=O) groups excluding carboxylic acids is 2. The first-order chi connectivity index (χ1) is 13.0. The average molecular weight is 408 g/mol. The number of benzene rings is 1. The number of carbonyl (C=O) groups is 2. The molecule has 0 saturated carbocycles. The lowest BCUT2D eigenvalue weighted by molar-refractivity contribution is -0.126. The fourth-order valence-corrected chi connectivity index (χ4v) is 3.20. The Morgan fingerprint density at radius 1 is 1.21 bits per heavy atom. The third kappa shape index (κ3) is 4.70. The van der Waals surface area contributed by atoms with Crippen LogP contribution in [0.2, 0.25) is 0 Å². The van der Waals surface area contributed by atoms with Crippen molar-refractivity contribution in [3.8, 4) is 0 Å². The van der Waals surface area contributed by atoms with Crippen molar-refractivity contribution in [3.63, 3.8) is 0 Å². The Morgan fingerprint density at radius 2 is 1.89 bits per heavy atom. The van der Waals surface area contributed by atoms with E-state index in [1.165, 1.54) is 7.11 Å². The van der Waals surface area contributed by atoms with Gasteiger partial charge in [0.05, 0.1) is 0 Å². The molecule has 8 nitrogen and oxygen atoms in total. The maximum atomic E-state index is 13.2. The fraction of sp³-hybridized carbons (Fsp3) is 0.421. The van der Waals surface area contributed by atoms with E-state index in [0.29, 0.717) is 24.2 Å². The van der Waals surface area contributed by atoms with Crippen LogP contribution < -0.4 is 16.0 Å². The highest BCUT2D eigenvalue weighted by atomic mass is 35.5. The Hall–Kier alpha value is -2.42. The Morgan fingerprint density at radius 3 is 2.50 bits per heavy atom. The van der Waals surface area contributed by atoms with Crippen molar-refractivity contribution in [2.45, 2.75) is 31.4 Å². The SMILES string of the molecule is COC(C)C(=O)Nc1cccc(NC(=O)C2(n3cccn3)CCNCC2)c1.Cl. The van der Waals surface area contributed by atoms with Crippen molar-refractivity contribution in [3.05, 3.63) is 42.7 Å². The van der Waals surface area contributed by atoms with Crippen LogP contribution in [-0.4, -0.2) is 47.9 Å². The second-order valence-electron chi connectivity index (χ2n) is 6.63. The van der Waals surface area contributed by atoms with Gasteiger partial charge in [-0.25, -0.2) is 0 Å². The van der Waals surface area contributed by atoms with Gasteiger partial charge in [0.25, 0.3) is 11.8 Å². The van der Waals surface area contributed by atoms with Gasteiger partial charge in [-0.3, -0.25) is 14.3 Å². The molecule has 0 radical (unpaired) electrons. The summed E-state index contributed by atoms with van der Waals surface area (Å²) in [6, 6.07) is 8.90. The molecule has 1 aromatic heterocycles. The molecular weight excluding hydrogens is 382 g/mol. The molecule has 9 heteroatoms. The highest BCUT2D eigenvalue weighted by Gasteiger charge is 2.42. The minimum absolute atomic E-state index is 0. The van der Waals surface area contributed by atoms with Gasteiger partial charge in [-0.05, 0) is 57.1 Å². The molecule has 0 spiro atoms. The van der Waals surface area contributed by atoms with Gasteiger partial charge in [0.2, 0.25) is 0 Å². The molecule has 3 N–H and O–H groups in total. The van der Waals surface area contributed by atoms with Crippen LogP contribution in [0.25, 0.3) is 0 Å². The van der Waals surface area contributed by atoms with Crippen LogP contribution in [0.5, 0.6) is 0 Å². The van der Waals surface area contributed by atoms with Crippen molar-refractivity contribution in [1.82, 2.24) is 15.1 Å². The molecule has 0 bridgehead atoms. The summed E-state index contributed by atoms with van der Waals surface area (Å²) >= 11 is 0. The molecule has 1 fully saturated rings. The van der Waals surface area contributed by atoms with Crippen LogP contribution in [0, 0.1) is 0 Å². The number of anilines is 2. The molecule has 2 amide bonds. The van der Waals surface area contributed by atoms with Gasteiger partial charge < -0.3 is 20.7 Å². The summed E-state index contributed by atoms with van der Waals surface area (Å²) in [5, 5.41) is 13.4. The Balaban J connectivity index is 0.00000280. The van der Waals surface area contributed by atoms with E-state index >= 15 is 0 Å². The summed E-state index contributed by atoms with van der Waals surface area (Å²) < 4.78 is 6.76. The zero-order chi connectivity index (χ0) is 19.3. The van der Waals surface area contributed by atoms with E-state index in [-0.39, 0.29) is 24.2 Å². The van der Waals surface area contributed by atoms with Crippen LogP contribution in [-0.2, 0) is 19.9 Å². The monoisotopic (exact) mass is 407 g/mol. The predicted octanol–water partition coefficient (Wildman–Crippen LogP) is 2.00. The van der Waals surface area contributed by atoms with Crippen LogP contribution in [0.3, 0.4) is 0 Å². The normalized spacial score (nSPS) is 16.5. The van der Waals surface area contributed by atoms with Crippen molar-refractivity contribution in [2.75, 3.05) is 30.8 Å². The van der Waals surface area contributed by atoms with Crippen molar-refractivity contribution < 1.29 is 14.3 Å². The first-order valence-corrected chi connectivity index (χ1v) is 9.01. The number of halogens is 1. The number of amides is 2. The quantitative estimate of drug-likeness (QED) is 0.680. The van der Waals surface area contributed by atoms with E-state index in [1.54, 1.807) is 42.1 Å². The van der Waals surface area contributed by atoms with Crippen LogP contribution >= 0.6 is 12.4 Å². The maximum Gasteiger partial charge on any atom is 0.253 e. The summed E-state index contributed by atoms with van der Waals surface area (Å²) in [7, 11) is 1.48. The molecule has 1 aromatic carbocycles. The Bertz CT molecular complexity index is 791. The average Bonchev–Trinajstić information content (AvgIpc) is 3.23. The third-order valence-corrected chi connectivity index (χ3v) is 4.91. The molecule has 3 rings (SSSR count). The second kappa shape index (κ2) is 9.68. The van der Waals surface area contributed by atoms with E-state index < -0.39 is 11.6 Å². The number of ether oxygens (including phenoxy) is 1. The largest absolute Gasteiger partial charge is 0.372 e. The highest BCUT2D eigenvalue weighted by molar-refractivity contribution is 5.98. The van der Waals surface area contributed by atoms with Crippen LogP contribution in [0.1, 0.15) is 19.8 Å². The number of piperidine rings is 1. The molecule has 1 saturated heterocycles. The van der Waals surface area contributed by atoms with E-state index in [9.17, 15) is 9.59 Å². The second-order valence-corrected chi connectivity index (χ2v) is 6.63. The van der Waals surface area contributed by atoms with E-state index in [4.69, 9.17) is 4.74 Å². The summed E-state index contributed by atoms with van der Waals surface area (Å²) in [6.07, 6.45) is 4.27. The lowest BCUT2D eigenvalue weighted by atomic mass is 9.87. The summed E-state index contributed by atoms with van der Waals surface area (Å²) in [5.74, 6) is -0.353. The van der Waals surface area contributed by atoms with Crippen LogP contribution in [0.15, 0.2) is 42.7 Å². The van der Waals surface area contributed by atoms with E-state index in [0.717, 1.165) is 13.1 Å². The lowest BCUT2D eigenvalue weighted by Crippen LogP contribution is -2.52. The zero-order valence-corrected chi connectivity index (χ0v) is 16.8. The smallest absolute Gasteiger partial charge is 0.253 e. The molecule has 1 atom stereocenters. The van der Waals surface area contributed by atoms with E-state index in [1.807, 2.05) is 12.3 Å². The lowest BCUT2D eigenvalue weighted by Gasteiger charge is -2.36. The molecule has 1 unspecified atom stereocenters. The molecule has 152 valence electrons. The van der Waals surface area contributed by atoms with Crippen LogP contribution in [0.4, 0.5) is 11.4 Å². The van der Waals surface area contributed by atoms with Gasteiger partial charge in [-0.2, -0.15) is 5.10 Å². The van der Waals surface area contributed by atoms with Gasteiger partial charge in [0, 0.05) is 30.9 Å². The molecule has 2 aromatic rings. The Kier molecular flexibility index (Phi) is 7.56. The minimum atomic E-state index is -0.724. The van der Waals surface area contributed by atoms with Gasteiger partial charge in [0.15, 0.2) is 0 Å². The number of hydrogen-bond acceptors (Lipinski definition) is 5. The number of aromatic nitrogens is 2. The Labute approximate surface area is 170 Å². The zero-order valence-electron chi connectivity index (χ0n) is 16.0. The summed E-state index contributed by atoms with van der Waals surface area (Å²) in [6.45, 7) is 3.17. The number of methoxy groups -OCH3 is 1. The topological polar surface area (TPSA) is 97.3 Å². The summed E-state index contributed by atoms with van der Waals surface area (Å²) in [5.41, 5.74) is 0.492. The molecule has 0 aliphatic carbocycles. The van der Waals surface area contributed by atoms with Gasteiger partial charge in [-0.15, -0.1) is 12.4 Å². The molecular formula is C19H26ClN5O3. The van der Waals surface area contributed by atoms with Gasteiger partial charge in [-0.1, -0.05) is 6.07 Å². The van der Waals surface area contributed by atoms with Crippen molar-refractivity contribution >= 4 is 35.6 Å².